The lowest BCUT2D eigenvalue weighted by Gasteiger charge is -2.43. The molecule has 2 N–H and O–H groups in total. The molecule has 41 heavy (non-hydrogen) atoms. The molecular weight excluding hydrogens is 542 g/mol. The number of Topliss-reactive ketones (excluding diaryl/α,β-unsaturated/α-hetero) is 1. The number of benzene rings is 2. The van der Waals surface area contributed by atoms with Crippen molar-refractivity contribution in [2.45, 2.75) is 51.2 Å². The van der Waals surface area contributed by atoms with Gasteiger partial charge in [0, 0.05) is 50.7 Å². The fourth-order valence-electron chi connectivity index (χ4n) is 5.86. The highest BCUT2D eigenvalue weighted by Crippen LogP contribution is 2.49. The fraction of sp³-hybridized carbons (Fsp3) is 0.500. The van der Waals surface area contributed by atoms with E-state index in [2.05, 4.69) is 0 Å². The van der Waals surface area contributed by atoms with E-state index in [9.17, 15) is 31.9 Å². The van der Waals surface area contributed by atoms with Crippen LogP contribution < -0.4 is 5.73 Å². The number of amides is 2. The van der Waals surface area contributed by atoms with Gasteiger partial charge in [0.25, 0.3) is 0 Å². The molecule has 2 aromatic rings. The lowest BCUT2D eigenvalue weighted by molar-refractivity contribution is -0.148. The van der Waals surface area contributed by atoms with Crippen LogP contribution in [0.2, 0.25) is 0 Å². The summed E-state index contributed by atoms with van der Waals surface area (Å²) in [6.07, 6.45) is 0.692. The van der Waals surface area contributed by atoms with Gasteiger partial charge >= 0.3 is 0 Å². The molecule has 0 radical (unpaired) electrons. The molecule has 2 aliphatic heterocycles. The maximum Gasteiger partial charge on any atom is 0.231 e. The minimum absolute atomic E-state index is 0.0297. The Kier molecular flexibility index (Phi) is 8.89. The number of likely N-dealkylation sites (tertiary alicyclic amines) is 2. The molecule has 0 bridgehead atoms. The van der Waals surface area contributed by atoms with Gasteiger partial charge in [-0.05, 0) is 50.5 Å². The first kappa shape index (κ1) is 30.6. The second-order valence-electron chi connectivity index (χ2n) is 11.7. The number of ketones is 1. The first-order valence-electron chi connectivity index (χ1n) is 13.6. The van der Waals surface area contributed by atoms with E-state index in [1.165, 1.54) is 35.8 Å². The van der Waals surface area contributed by atoms with Crippen molar-refractivity contribution < 1.29 is 36.7 Å². The van der Waals surface area contributed by atoms with Gasteiger partial charge in [-0.15, -0.1) is 0 Å². The van der Waals surface area contributed by atoms with Crippen molar-refractivity contribution in [3.8, 4) is 0 Å². The van der Waals surface area contributed by atoms with Crippen molar-refractivity contribution in [2.75, 3.05) is 33.3 Å². The van der Waals surface area contributed by atoms with Gasteiger partial charge in [-0.3, -0.25) is 14.4 Å². The van der Waals surface area contributed by atoms with E-state index in [-0.39, 0.29) is 50.0 Å². The Morgan fingerprint density at radius 3 is 2.49 bits per heavy atom. The summed E-state index contributed by atoms with van der Waals surface area (Å²) < 4.78 is 60.9. The van der Waals surface area contributed by atoms with Gasteiger partial charge in [0.1, 0.15) is 11.6 Å². The average molecular weight is 578 g/mol. The third-order valence-electron chi connectivity index (χ3n) is 8.17. The molecule has 2 fully saturated rings. The zero-order valence-corrected chi connectivity index (χ0v) is 23.4. The van der Waals surface area contributed by atoms with Crippen LogP contribution in [0.15, 0.2) is 36.4 Å². The van der Waals surface area contributed by atoms with Crippen LogP contribution >= 0.6 is 0 Å². The summed E-state index contributed by atoms with van der Waals surface area (Å²) in [6.45, 7) is 3.21. The summed E-state index contributed by atoms with van der Waals surface area (Å²) in [4.78, 5) is 43.3. The minimum Gasteiger partial charge on any atom is -0.376 e. The Morgan fingerprint density at radius 1 is 1.10 bits per heavy atom. The number of piperidine rings is 1. The molecule has 2 aromatic carbocycles. The van der Waals surface area contributed by atoms with E-state index >= 15 is 0 Å². The van der Waals surface area contributed by atoms with Crippen molar-refractivity contribution >= 4 is 17.6 Å². The summed E-state index contributed by atoms with van der Waals surface area (Å²) in [6, 6.07) is 6.66. The van der Waals surface area contributed by atoms with E-state index in [0.29, 0.717) is 24.9 Å². The third kappa shape index (κ3) is 6.46. The van der Waals surface area contributed by atoms with E-state index in [1.807, 2.05) is 0 Å². The molecule has 4 rings (SSSR count). The highest BCUT2D eigenvalue weighted by molar-refractivity contribution is 5.92. The molecule has 0 aromatic heterocycles. The number of halogens is 4. The second kappa shape index (κ2) is 11.9. The number of hydrogen-bond acceptors (Lipinski definition) is 5. The Bertz CT molecular complexity index is 1330. The first-order chi connectivity index (χ1) is 19.2. The first-order valence-corrected chi connectivity index (χ1v) is 13.6. The zero-order chi connectivity index (χ0) is 30.1. The SMILES string of the molecule is CN1CC(c2ccc(F)c(F)c2)C2(CCCN(C(=O)[C@@H](COCc3ccc(F)cc3F)CC(=O)C(C)(C)N)C2)C1=O. The number of likely N-dealkylation sites (N-methyl/N-ethyl adjacent to an activating group) is 1. The van der Waals surface area contributed by atoms with Gasteiger partial charge in [0.15, 0.2) is 17.4 Å². The van der Waals surface area contributed by atoms with E-state index in [0.717, 1.165) is 24.3 Å². The predicted octanol–water partition coefficient (Wildman–Crippen LogP) is 3.94. The smallest absolute Gasteiger partial charge is 0.231 e. The topological polar surface area (TPSA) is 92.9 Å². The van der Waals surface area contributed by atoms with E-state index in [4.69, 9.17) is 10.5 Å². The molecule has 2 amide bonds. The standard InChI is InChI=1S/C30H35F4N3O4/c1-29(2,35)26(38)12-20(16-41-15-19-5-7-21(31)13-24(19)33)27(39)37-10-4-9-30(17-37)22(14-36(3)28(30)40)18-6-8-23(32)25(34)11-18/h5-8,11,13,20,22H,4,9-10,12,14-17,35H2,1-3H3/t20-,22?,30?/m1/s1. The molecule has 0 aliphatic carbocycles. The van der Waals surface area contributed by atoms with Crippen molar-refractivity contribution in [1.82, 2.24) is 9.80 Å². The maximum atomic E-state index is 14.2. The molecule has 11 heteroatoms. The number of ether oxygens (including phenoxy) is 1. The Balaban J connectivity index is 1.57. The van der Waals surface area contributed by atoms with Crippen LogP contribution in [0.5, 0.6) is 0 Å². The molecule has 2 aliphatic rings. The third-order valence-corrected chi connectivity index (χ3v) is 8.17. The second-order valence-corrected chi connectivity index (χ2v) is 11.7. The number of hydrogen-bond donors (Lipinski definition) is 1. The number of carbonyl (C=O) groups excluding carboxylic acids is 3. The normalized spacial score (nSPS) is 22.0. The van der Waals surface area contributed by atoms with Crippen LogP contribution in [0.1, 0.15) is 50.2 Å². The number of nitrogens with zero attached hydrogens (tertiary/aromatic N) is 2. The highest BCUT2D eigenvalue weighted by atomic mass is 19.2. The monoisotopic (exact) mass is 577 g/mol. The van der Waals surface area contributed by atoms with Gasteiger partial charge in [-0.2, -0.15) is 0 Å². The summed E-state index contributed by atoms with van der Waals surface area (Å²) in [5.74, 6) is -5.98. The summed E-state index contributed by atoms with van der Waals surface area (Å²) >= 11 is 0. The van der Waals surface area contributed by atoms with Crippen molar-refractivity contribution in [2.24, 2.45) is 17.1 Å². The Hall–Kier alpha value is -3.31. The number of rotatable bonds is 9. The van der Waals surface area contributed by atoms with Gasteiger partial charge in [0.2, 0.25) is 11.8 Å². The van der Waals surface area contributed by atoms with Gasteiger partial charge in [0.05, 0.1) is 30.1 Å². The summed E-state index contributed by atoms with van der Waals surface area (Å²) in [5.41, 5.74) is 4.28. The van der Waals surface area contributed by atoms with Crippen LogP contribution in [0.3, 0.4) is 0 Å². The molecule has 0 saturated carbocycles. The van der Waals surface area contributed by atoms with Crippen LogP contribution in [-0.4, -0.2) is 66.2 Å². The largest absolute Gasteiger partial charge is 0.376 e. The molecular formula is C30H35F4N3O4. The number of carbonyl (C=O) groups is 3. The summed E-state index contributed by atoms with van der Waals surface area (Å²) in [5, 5.41) is 0. The minimum atomic E-state index is -1.22. The van der Waals surface area contributed by atoms with Crippen LogP contribution in [0.25, 0.3) is 0 Å². The fourth-order valence-corrected chi connectivity index (χ4v) is 5.86. The van der Waals surface area contributed by atoms with Crippen LogP contribution in [-0.2, 0) is 25.7 Å². The molecule has 2 heterocycles. The quantitative estimate of drug-likeness (QED) is 0.456. The molecule has 222 valence electrons. The predicted molar refractivity (Wildman–Crippen MR) is 142 cm³/mol. The number of nitrogens with two attached hydrogens (primary N) is 1. The zero-order valence-electron chi connectivity index (χ0n) is 23.4. The molecule has 7 nitrogen and oxygen atoms in total. The summed E-state index contributed by atoms with van der Waals surface area (Å²) in [7, 11) is 1.64. The lowest BCUT2D eigenvalue weighted by atomic mass is 9.68. The molecule has 2 unspecified atom stereocenters. The lowest BCUT2D eigenvalue weighted by Crippen LogP contribution is -2.53. The van der Waals surface area contributed by atoms with Crippen molar-refractivity contribution in [3.05, 3.63) is 70.8 Å². The Morgan fingerprint density at radius 2 is 1.83 bits per heavy atom. The average Bonchev–Trinajstić information content (AvgIpc) is 3.14. The van der Waals surface area contributed by atoms with Crippen LogP contribution in [0, 0.1) is 34.6 Å². The van der Waals surface area contributed by atoms with Gasteiger partial charge in [-0.1, -0.05) is 12.1 Å². The molecule has 3 atom stereocenters. The maximum absolute atomic E-state index is 14.2. The van der Waals surface area contributed by atoms with Crippen LogP contribution in [0.4, 0.5) is 17.6 Å². The van der Waals surface area contributed by atoms with Crippen molar-refractivity contribution in [3.63, 3.8) is 0 Å². The van der Waals surface area contributed by atoms with Gasteiger partial charge in [-0.25, -0.2) is 17.6 Å². The van der Waals surface area contributed by atoms with Crippen molar-refractivity contribution in [1.29, 1.82) is 0 Å². The van der Waals surface area contributed by atoms with Gasteiger partial charge < -0.3 is 20.3 Å². The highest BCUT2D eigenvalue weighted by Gasteiger charge is 2.56. The van der Waals surface area contributed by atoms with E-state index in [1.54, 1.807) is 7.05 Å². The van der Waals surface area contributed by atoms with E-state index < -0.39 is 52.0 Å². The molecule has 1 spiro atoms. The Labute approximate surface area is 236 Å². The molecule has 2 saturated heterocycles.